The summed E-state index contributed by atoms with van der Waals surface area (Å²) in [6.07, 6.45) is 2.30. The van der Waals surface area contributed by atoms with Gasteiger partial charge in [-0.3, -0.25) is 4.79 Å². The molecule has 0 saturated carbocycles. The second kappa shape index (κ2) is 7.19. The number of aromatic amines is 1. The molecule has 0 atom stereocenters. The van der Waals surface area contributed by atoms with Gasteiger partial charge in [-0.25, -0.2) is 14.1 Å². The van der Waals surface area contributed by atoms with Crippen LogP contribution in [0.3, 0.4) is 0 Å². The molecule has 1 aromatic carbocycles. The Balaban J connectivity index is 2.02. The molecule has 3 rings (SSSR count). The minimum Gasteiger partial charge on any atom is -0.327 e. The molecular weight excluding hydrogens is 343 g/mol. The smallest absolute Gasteiger partial charge is 0.266 e. The van der Waals surface area contributed by atoms with Crippen molar-refractivity contribution >= 4 is 11.6 Å². The number of benzene rings is 1. The molecule has 0 radical (unpaired) electrons. The van der Waals surface area contributed by atoms with Gasteiger partial charge in [0.15, 0.2) is 11.6 Å². The van der Waals surface area contributed by atoms with E-state index >= 15 is 0 Å². The Morgan fingerprint density at radius 2 is 2.00 bits per heavy atom. The minimum absolute atomic E-state index is 0.0965. The van der Waals surface area contributed by atoms with E-state index in [4.69, 9.17) is 11.6 Å². The lowest BCUT2D eigenvalue weighted by Crippen LogP contribution is -2.08. The fourth-order valence-electron chi connectivity index (χ4n) is 2.51. The van der Waals surface area contributed by atoms with Crippen molar-refractivity contribution < 1.29 is 4.39 Å². The first-order valence-electron chi connectivity index (χ1n) is 7.99. The summed E-state index contributed by atoms with van der Waals surface area (Å²) in [5, 5.41) is 4.67. The van der Waals surface area contributed by atoms with Crippen LogP contribution in [-0.4, -0.2) is 19.7 Å². The summed E-state index contributed by atoms with van der Waals surface area (Å²) >= 11 is 5.94. The van der Waals surface area contributed by atoms with Crippen LogP contribution >= 0.6 is 11.6 Å². The highest BCUT2D eigenvalue weighted by atomic mass is 35.5. The highest BCUT2D eigenvalue weighted by molar-refractivity contribution is 6.30. The van der Waals surface area contributed by atoms with Gasteiger partial charge in [0, 0.05) is 18.2 Å². The molecule has 0 bridgehead atoms. The van der Waals surface area contributed by atoms with Crippen molar-refractivity contribution in [2.75, 3.05) is 0 Å². The number of rotatable bonds is 5. The molecule has 1 N–H and O–H groups in total. The second-order valence-corrected chi connectivity index (χ2v) is 6.71. The number of nitrogens with one attached hydrogen (secondary N) is 1. The molecule has 0 saturated heterocycles. The SMILES string of the molecule is CC(C)Cc1nc(-c2c[nH]c(=O)c(Cl)c2)n(Cc2ccc(F)cc2)n1. The topological polar surface area (TPSA) is 63.6 Å². The maximum atomic E-state index is 13.1. The van der Waals surface area contributed by atoms with Crippen LogP contribution in [0.25, 0.3) is 11.4 Å². The zero-order valence-corrected chi connectivity index (χ0v) is 14.7. The molecule has 0 aliphatic heterocycles. The van der Waals surface area contributed by atoms with Gasteiger partial charge >= 0.3 is 0 Å². The molecule has 0 amide bonds. The third-order valence-corrected chi connectivity index (χ3v) is 3.95. The van der Waals surface area contributed by atoms with E-state index in [9.17, 15) is 9.18 Å². The Morgan fingerprint density at radius 3 is 2.64 bits per heavy atom. The summed E-state index contributed by atoms with van der Waals surface area (Å²) in [5.41, 5.74) is 1.23. The summed E-state index contributed by atoms with van der Waals surface area (Å²) in [6, 6.07) is 7.83. The normalized spacial score (nSPS) is 11.2. The highest BCUT2D eigenvalue weighted by Crippen LogP contribution is 2.20. The Morgan fingerprint density at radius 1 is 1.28 bits per heavy atom. The van der Waals surface area contributed by atoms with Crippen LogP contribution in [-0.2, 0) is 13.0 Å². The first-order valence-corrected chi connectivity index (χ1v) is 8.37. The van der Waals surface area contributed by atoms with Gasteiger partial charge in [-0.15, -0.1) is 0 Å². The van der Waals surface area contributed by atoms with Gasteiger partial charge in [-0.1, -0.05) is 37.6 Å². The molecule has 7 heteroatoms. The molecule has 0 unspecified atom stereocenters. The molecule has 3 aromatic rings. The summed E-state index contributed by atoms with van der Waals surface area (Å²) < 4.78 is 14.9. The van der Waals surface area contributed by atoms with Crippen LogP contribution in [0.5, 0.6) is 0 Å². The minimum atomic E-state index is -0.350. The molecule has 130 valence electrons. The third kappa shape index (κ3) is 4.14. The molecule has 0 aliphatic rings. The molecule has 0 spiro atoms. The lowest BCUT2D eigenvalue weighted by molar-refractivity contribution is 0.602. The zero-order chi connectivity index (χ0) is 18.0. The average molecular weight is 361 g/mol. The number of aromatic nitrogens is 4. The van der Waals surface area contributed by atoms with Crippen molar-refractivity contribution in [2.24, 2.45) is 5.92 Å². The maximum Gasteiger partial charge on any atom is 0.266 e. The summed E-state index contributed by atoms with van der Waals surface area (Å²) in [7, 11) is 0. The number of hydrogen-bond acceptors (Lipinski definition) is 3. The molecular formula is C18H18ClFN4O. The summed E-state index contributed by atoms with van der Waals surface area (Å²) in [5.74, 6) is 1.46. The fraction of sp³-hybridized carbons (Fsp3) is 0.278. The fourth-order valence-corrected chi connectivity index (χ4v) is 2.68. The van der Waals surface area contributed by atoms with Gasteiger partial charge in [-0.05, 0) is 29.7 Å². The Kier molecular flexibility index (Phi) is 4.99. The van der Waals surface area contributed by atoms with Gasteiger partial charge in [0.05, 0.1) is 6.54 Å². The highest BCUT2D eigenvalue weighted by Gasteiger charge is 2.15. The number of nitrogens with zero attached hydrogens (tertiary/aromatic N) is 3. The quantitative estimate of drug-likeness (QED) is 0.755. The molecule has 2 aromatic heterocycles. The van der Waals surface area contributed by atoms with E-state index in [1.165, 1.54) is 12.1 Å². The number of hydrogen-bond donors (Lipinski definition) is 1. The monoisotopic (exact) mass is 360 g/mol. The largest absolute Gasteiger partial charge is 0.327 e. The average Bonchev–Trinajstić information content (AvgIpc) is 2.94. The van der Waals surface area contributed by atoms with Crippen LogP contribution in [0.2, 0.25) is 5.02 Å². The summed E-state index contributed by atoms with van der Waals surface area (Å²) in [6.45, 7) is 4.63. The molecule has 25 heavy (non-hydrogen) atoms. The van der Waals surface area contributed by atoms with Crippen molar-refractivity contribution in [1.82, 2.24) is 19.7 Å². The number of halogens is 2. The van der Waals surface area contributed by atoms with Crippen LogP contribution in [0, 0.1) is 11.7 Å². The van der Waals surface area contributed by atoms with E-state index in [2.05, 4.69) is 28.9 Å². The van der Waals surface area contributed by atoms with E-state index in [0.717, 1.165) is 17.8 Å². The van der Waals surface area contributed by atoms with Crippen molar-refractivity contribution in [2.45, 2.75) is 26.8 Å². The van der Waals surface area contributed by atoms with E-state index in [1.54, 1.807) is 29.1 Å². The van der Waals surface area contributed by atoms with Crippen LogP contribution in [0.1, 0.15) is 25.2 Å². The first-order chi connectivity index (χ1) is 11.9. The van der Waals surface area contributed by atoms with Crippen molar-refractivity contribution in [1.29, 1.82) is 0 Å². The van der Waals surface area contributed by atoms with Gasteiger partial charge in [0.1, 0.15) is 10.8 Å². The van der Waals surface area contributed by atoms with E-state index in [1.807, 2.05) is 0 Å². The molecule has 5 nitrogen and oxygen atoms in total. The van der Waals surface area contributed by atoms with Gasteiger partial charge in [-0.2, -0.15) is 5.10 Å². The Labute approximate surface area is 149 Å². The second-order valence-electron chi connectivity index (χ2n) is 6.30. The maximum absolute atomic E-state index is 13.1. The van der Waals surface area contributed by atoms with E-state index < -0.39 is 0 Å². The number of H-pyrrole nitrogens is 1. The predicted molar refractivity (Wildman–Crippen MR) is 95.1 cm³/mol. The zero-order valence-electron chi connectivity index (χ0n) is 14.0. The van der Waals surface area contributed by atoms with Gasteiger partial charge in [0.2, 0.25) is 0 Å². The first kappa shape index (κ1) is 17.4. The van der Waals surface area contributed by atoms with Crippen LogP contribution in [0.15, 0.2) is 41.3 Å². The van der Waals surface area contributed by atoms with Crippen molar-refractivity contribution in [3.63, 3.8) is 0 Å². The van der Waals surface area contributed by atoms with E-state index in [0.29, 0.717) is 23.9 Å². The third-order valence-electron chi connectivity index (χ3n) is 3.67. The number of pyridine rings is 1. The van der Waals surface area contributed by atoms with Gasteiger partial charge < -0.3 is 4.98 Å². The van der Waals surface area contributed by atoms with Crippen molar-refractivity contribution in [3.05, 3.63) is 69.1 Å². The lowest BCUT2D eigenvalue weighted by atomic mass is 10.1. The molecule has 0 fully saturated rings. The molecule has 2 heterocycles. The Hall–Kier alpha value is -2.47. The van der Waals surface area contributed by atoms with E-state index in [-0.39, 0.29) is 16.4 Å². The standard InChI is InChI=1S/C18H18ClFN4O/c1-11(2)7-16-22-17(13-8-15(19)18(25)21-9-13)24(23-16)10-12-3-5-14(20)6-4-12/h3-6,8-9,11H,7,10H2,1-2H3,(H,21,25). The lowest BCUT2D eigenvalue weighted by Gasteiger charge is -2.06. The van der Waals surface area contributed by atoms with Crippen molar-refractivity contribution in [3.8, 4) is 11.4 Å². The summed E-state index contributed by atoms with van der Waals surface area (Å²) in [4.78, 5) is 18.7. The van der Waals surface area contributed by atoms with Crippen LogP contribution in [0.4, 0.5) is 4.39 Å². The Bertz CT molecular complexity index is 931. The molecule has 0 aliphatic carbocycles. The van der Waals surface area contributed by atoms with Gasteiger partial charge in [0.25, 0.3) is 5.56 Å². The van der Waals surface area contributed by atoms with Crippen LogP contribution < -0.4 is 5.56 Å². The predicted octanol–water partition coefficient (Wildman–Crippen LogP) is 3.67.